The summed E-state index contributed by atoms with van der Waals surface area (Å²) in [6.07, 6.45) is 4.94. The summed E-state index contributed by atoms with van der Waals surface area (Å²) in [5, 5.41) is 0.552. The summed E-state index contributed by atoms with van der Waals surface area (Å²) in [6.45, 7) is 1.72. The molecule has 0 saturated carbocycles. The largest absolute Gasteiger partial charge is 0.295 e. The van der Waals surface area contributed by atoms with Gasteiger partial charge in [-0.05, 0) is 49.6 Å². The number of pyridine rings is 1. The molecule has 0 aliphatic carbocycles. The van der Waals surface area contributed by atoms with Gasteiger partial charge < -0.3 is 0 Å². The number of carbonyl (C=O) groups is 2. The van der Waals surface area contributed by atoms with Crippen molar-refractivity contribution in [3.63, 3.8) is 0 Å². The number of fused-ring (bicyclic) bond motifs is 1. The topological polar surface area (TPSA) is 93.3 Å². The van der Waals surface area contributed by atoms with Crippen LogP contribution in [-0.4, -0.2) is 37.0 Å². The summed E-state index contributed by atoms with van der Waals surface area (Å²) in [5.74, 6) is -1.45. The highest BCUT2D eigenvalue weighted by Gasteiger charge is 2.20. The Morgan fingerprint density at radius 2 is 1.80 bits per heavy atom. The van der Waals surface area contributed by atoms with E-state index in [-0.39, 0.29) is 11.5 Å². The zero-order chi connectivity index (χ0) is 21.3. The maximum Gasteiger partial charge on any atom is 0.288 e. The van der Waals surface area contributed by atoms with Crippen LogP contribution in [0.5, 0.6) is 0 Å². The summed E-state index contributed by atoms with van der Waals surface area (Å²) in [6, 6.07) is 11.1. The van der Waals surface area contributed by atoms with Crippen LogP contribution in [0.4, 0.5) is 4.39 Å². The number of aryl methyl sites for hydroxylation is 1. The molecule has 0 atom stereocenters. The third kappa shape index (κ3) is 3.52. The van der Waals surface area contributed by atoms with Crippen LogP contribution >= 0.6 is 11.8 Å². The first-order chi connectivity index (χ1) is 14.5. The lowest BCUT2D eigenvalue weighted by molar-refractivity contribution is 0.0839. The molecule has 0 radical (unpaired) electrons. The van der Waals surface area contributed by atoms with Crippen LogP contribution in [0, 0.1) is 12.7 Å². The molecule has 3 heterocycles. The number of hydrazine groups is 1. The molecule has 4 aromatic rings. The standard InChI is InChI=1S/C20H17FN6O2S/c1-12-17(26-10-4-3-5-16(26)23-12)19(29)25-24-18(28)15-11-22-20(30-2)27(15)14-8-6-13(21)7-9-14/h3-11H,1-2H3,(H,24,28)(H,25,29). The molecule has 0 fully saturated rings. The lowest BCUT2D eigenvalue weighted by atomic mass is 10.3. The maximum atomic E-state index is 13.3. The smallest absolute Gasteiger partial charge is 0.288 e. The van der Waals surface area contributed by atoms with Crippen LogP contribution in [0.1, 0.15) is 26.7 Å². The van der Waals surface area contributed by atoms with Crippen molar-refractivity contribution in [3.8, 4) is 5.69 Å². The summed E-state index contributed by atoms with van der Waals surface area (Å²) < 4.78 is 16.5. The number of nitrogens with one attached hydrogen (secondary N) is 2. The molecule has 2 N–H and O–H groups in total. The van der Waals surface area contributed by atoms with E-state index in [9.17, 15) is 14.0 Å². The van der Waals surface area contributed by atoms with Crippen molar-refractivity contribution in [2.75, 3.05) is 6.26 Å². The zero-order valence-corrected chi connectivity index (χ0v) is 16.9. The lowest BCUT2D eigenvalue weighted by Gasteiger charge is -2.12. The van der Waals surface area contributed by atoms with Gasteiger partial charge in [-0.1, -0.05) is 17.8 Å². The molecule has 30 heavy (non-hydrogen) atoms. The van der Waals surface area contributed by atoms with Crippen molar-refractivity contribution in [2.24, 2.45) is 0 Å². The molecule has 0 aliphatic rings. The summed E-state index contributed by atoms with van der Waals surface area (Å²) >= 11 is 1.34. The normalized spacial score (nSPS) is 10.9. The second-order valence-corrected chi connectivity index (χ2v) is 7.10. The Bertz CT molecular complexity index is 1250. The van der Waals surface area contributed by atoms with Gasteiger partial charge in [0.2, 0.25) is 0 Å². The van der Waals surface area contributed by atoms with E-state index in [0.29, 0.717) is 27.9 Å². The van der Waals surface area contributed by atoms with Crippen LogP contribution in [0.3, 0.4) is 0 Å². The number of imidazole rings is 2. The Kier molecular flexibility index (Phi) is 5.23. The van der Waals surface area contributed by atoms with Gasteiger partial charge in [-0.2, -0.15) is 0 Å². The Labute approximate surface area is 175 Å². The van der Waals surface area contributed by atoms with Crippen LogP contribution in [0.25, 0.3) is 11.3 Å². The number of benzene rings is 1. The van der Waals surface area contributed by atoms with Crippen molar-refractivity contribution in [2.45, 2.75) is 12.1 Å². The molecule has 152 valence electrons. The van der Waals surface area contributed by atoms with Gasteiger partial charge in [0.05, 0.1) is 11.9 Å². The van der Waals surface area contributed by atoms with Crippen molar-refractivity contribution in [1.29, 1.82) is 0 Å². The molecule has 0 aliphatic heterocycles. The van der Waals surface area contributed by atoms with E-state index in [1.807, 2.05) is 12.3 Å². The molecule has 2 amide bonds. The van der Waals surface area contributed by atoms with E-state index >= 15 is 0 Å². The fraction of sp³-hybridized carbons (Fsp3) is 0.100. The number of thioether (sulfide) groups is 1. The van der Waals surface area contributed by atoms with E-state index < -0.39 is 11.8 Å². The highest BCUT2D eigenvalue weighted by molar-refractivity contribution is 7.98. The van der Waals surface area contributed by atoms with Gasteiger partial charge in [0.15, 0.2) is 5.16 Å². The molecule has 3 aromatic heterocycles. The van der Waals surface area contributed by atoms with E-state index in [1.54, 1.807) is 46.4 Å². The fourth-order valence-corrected chi connectivity index (χ4v) is 3.65. The van der Waals surface area contributed by atoms with Gasteiger partial charge in [0, 0.05) is 11.9 Å². The lowest BCUT2D eigenvalue weighted by Crippen LogP contribution is -2.43. The van der Waals surface area contributed by atoms with E-state index in [0.717, 1.165) is 0 Å². The minimum atomic E-state index is -0.563. The number of hydrogen-bond acceptors (Lipinski definition) is 5. The molecule has 0 bridgehead atoms. The van der Waals surface area contributed by atoms with Gasteiger partial charge in [0.25, 0.3) is 11.8 Å². The summed E-state index contributed by atoms with van der Waals surface area (Å²) in [4.78, 5) is 34.0. The number of amides is 2. The van der Waals surface area contributed by atoms with Crippen LogP contribution in [0.15, 0.2) is 60.0 Å². The first-order valence-electron chi connectivity index (χ1n) is 8.91. The van der Waals surface area contributed by atoms with Crippen molar-refractivity contribution in [3.05, 3.63) is 77.8 Å². The molecule has 1 aromatic carbocycles. The summed E-state index contributed by atoms with van der Waals surface area (Å²) in [5.41, 5.74) is 7.10. The van der Waals surface area contributed by atoms with Crippen LogP contribution < -0.4 is 10.9 Å². The first-order valence-corrected chi connectivity index (χ1v) is 10.1. The molecule has 0 spiro atoms. The zero-order valence-electron chi connectivity index (χ0n) is 16.1. The number of halogens is 1. The molecule has 4 rings (SSSR count). The van der Waals surface area contributed by atoms with Crippen molar-refractivity contribution < 1.29 is 14.0 Å². The predicted octanol–water partition coefficient (Wildman–Crippen LogP) is 2.76. The SMILES string of the molecule is CSc1ncc(C(=O)NNC(=O)c2c(C)nc3ccccn23)n1-c1ccc(F)cc1. The number of aromatic nitrogens is 4. The Morgan fingerprint density at radius 3 is 2.53 bits per heavy atom. The average molecular weight is 424 g/mol. The number of rotatable bonds is 4. The Morgan fingerprint density at radius 1 is 1.07 bits per heavy atom. The number of carbonyl (C=O) groups excluding carboxylic acids is 2. The molecular weight excluding hydrogens is 407 g/mol. The van der Waals surface area contributed by atoms with E-state index in [4.69, 9.17) is 0 Å². The fourth-order valence-electron chi connectivity index (χ4n) is 3.10. The number of hydrogen-bond donors (Lipinski definition) is 2. The maximum absolute atomic E-state index is 13.3. The van der Waals surface area contributed by atoms with Crippen molar-refractivity contribution in [1.82, 2.24) is 29.8 Å². The minimum Gasteiger partial charge on any atom is -0.295 e. The molecule has 8 nitrogen and oxygen atoms in total. The van der Waals surface area contributed by atoms with Gasteiger partial charge >= 0.3 is 0 Å². The van der Waals surface area contributed by atoms with E-state index in [1.165, 1.54) is 30.1 Å². The molecule has 0 unspecified atom stereocenters. The van der Waals surface area contributed by atoms with Gasteiger partial charge in [-0.3, -0.25) is 29.4 Å². The molecule has 0 saturated heterocycles. The minimum absolute atomic E-state index is 0.195. The third-order valence-electron chi connectivity index (χ3n) is 4.44. The first kappa shape index (κ1) is 19.6. The predicted molar refractivity (Wildman–Crippen MR) is 110 cm³/mol. The van der Waals surface area contributed by atoms with Gasteiger partial charge in [0.1, 0.15) is 22.9 Å². The Balaban J connectivity index is 1.57. The second kappa shape index (κ2) is 7.99. The molecular formula is C20H17FN6O2S. The highest BCUT2D eigenvalue weighted by Crippen LogP contribution is 2.22. The second-order valence-electron chi connectivity index (χ2n) is 6.32. The van der Waals surface area contributed by atoms with E-state index in [2.05, 4.69) is 20.8 Å². The van der Waals surface area contributed by atoms with Crippen LogP contribution in [0.2, 0.25) is 0 Å². The third-order valence-corrected chi connectivity index (χ3v) is 5.09. The van der Waals surface area contributed by atoms with Crippen LogP contribution in [-0.2, 0) is 0 Å². The average Bonchev–Trinajstić information content (AvgIpc) is 3.32. The molecule has 10 heteroatoms. The monoisotopic (exact) mass is 424 g/mol. The van der Waals surface area contributed by atoms with Crippen molar-refractivity contribution >= 4 is 29.2 Å². The number of nitrogens with zero attached hydrogens (tertiary/aromatic N) is 4. The Hall–Kier alpha value is -3.66. The van der Waals surface area contributed by atoms with Gasteiger partial charge in [-0.15, -0.1) is 0 Å². The summed E-state index contributed by atoms with van der Waals surface area (Å²) in [7, 11) is 0. The highest BCUT2D eigenvalue weighted by atomic mass is 32.2. The van der Waals surface area contributed by atoms with Gasteiger partial charge in [-0.25, -0.2) is 14.4 Å². The quantitative estimate of drug-likeness (QED) is 0.388.